The lowest BCUT2D eigenvalue weighted by Gasteiger charge is -2.34. The lowest BCUT2D eigenvalue weighted by molar-refractivity contribution is 0.669. The summed E-state index contributed by atoms with van der Waals surface area (Å²) in [6.07, 6.45) is 0. The van der Waals surface area contributed by atoms with E-state index in [9.17, 15) is 0 Å². The minimum atomic E-state index is -0.436. The highest BCUT2D eigenvalue weighted by atomic mass is 16.3. The minimum Gasteiger partial charge on any atom is -0.456 e. The molecule has 2 aromatic heterocycles. The number of furan rings is 1. The van der Waals surface area contributed by atoms with Crippen LogP contribution in [0, 0.1) is 0 Å². The summed E-state index contributed by atoms with van der Waals surface area (Å²) in [4.78, 5) is 10.5. The molecule has 0 saturated carbocycles. The Labute approximate surface area is 360 Å². The van der Waals surface area contributed by atoms with Gasteiger partial charge in [-0.25, -0.2) is 9.97 Å². The van der Waals surface area contributed by atoms with Gasteiger partial charge in [0.2, 0.25) is 0 Å². The van der Waals surface area contributed by atoms with Crippen LogP contribution in [0.5, 0.6) is 0 Å². The predicted octanol–water partition coefficient (Wildman–Crippen LogP) is 15.1. The van der Waals surface area contributed by atoms with Crippen molar-refractivity contribution in [2.45, 2.75) is 5.41 Å². The molecule has 9 aromatic carbocycles. The third-order valence-corrected chi connectivity index (χ3v) is 12.6. The van der Waals surface area contributed by atoms with E-state index in [4.69, 9.17) is 14.4 Å². The Morgan fingerprint density at radius 3 is 1.61 bits per heavy atom. The van der Waals surface area contributed by atoms with Crippen molar-refractivity contribution >= 4 is 21.9 Å². The van der Waals surface area contributed by atoms with E-state index in [-0.39, 0.29) is 0 Å². The molecule has 3 heteroatoms. The Balaban J connectivity index is 0.965. The molecule has 3 nitrogen and oxygen atoms in total. The van der Waals surface area contributed by atoms with Gasteiger partial charge >= 0.3 is 0 Å². The average molecular weight is 791 g/mol. The van der Waals surface area contributed by atoms with E-state index in [1.165, 1.54) is 33.4 Å². The standard InChI is InChI=1S/C59H38N2O/c1-3-16-40(17-4-1)58-60-54(38-55(61-58)49-25-8-7-22-46(49)42-32-35-57-51(37-42)50-26-11-14-29-56(50)62-57)43-19-15-18-41(36-43)39-30-33-45(34-31-39)59(44-20-5-2-6-21-44)52-27-12-9-23-47(52)48-24-10-13-28-53(48)59/h1-38H. The Morgan fingerprint density at radius 1 is 0.306 bits per heavy atom. The maximum atomic E-state index is 6.19. The second-order valence-corrected chi connectivity index (χ2v) is 16.0. The van der Waals surface area contributed by atoms with Gasteiger partial charge in [-0.2, -0.15) is 0 Å². The zero-order chi connectivity index (χ0) is 41.0. The van der Waals surface area contributed by atoms with Gasteiger partial charge in [0, 0.05) is 27.5 Å². The lowest BCUT2D eigenvalue weighted by atomic mass is 9.67. The lowest BCUT2D eigenvalue weighted by Crippen LogP contribution is -2.28. The van der Waals surface area contributed by atoms with Crippen LogP contribution < -0.4 is 0 Å². The molecule has 11 aromatic rings. The normalized spacial score (nSPS) is 12.6. The summed E-state index contributed by atoms with van der Waals surface area (Å²) in [6, 6.07) is 82.3. The number of para-hydroxylation sites is 1. The van der Waals surface area contributed by atoms with Crippen molar-refractivity contribution in [1.29, 1.82) is 0 Å². The van der Waals surface area contributed by atoms with Crippen LogP contribution in [0.25, 0.3) is 89.2 Å². The number of aromatic nitrogens is 2. The third-order valence-electron chi connectivity index (χ3n) is 12.6. The first kappa shape index (κ1) is 35.8. The summed E-state index contributed by atoms with van der Waals surface area (Å²) >= 11 is 0. The van der Waals surface area contributed by atoms with Gasteiger partial charge in [-0.1, -0.05) is 200 Å². The fraction of sp³-hybridized carbons (Fsp3) is 0.0169. The van der Waals surface area contributed by atoms with Gasteiger partial charge in [0.05, 0.1) is 16.8 Å². The summed E-state index contributed by atoms with van der Waals surface area (Å²) < 4.78 is 6.19. The van der Waals surface area contributed by atoms with Crippen molar-refractivity contribution in [2.75, 3.05) is 0 Å². The summed E-state index contributed by atoms with van der Waals surface area (Å²) in [6.45, 7) is 0. The summed E-state index contributed by atoms with van der Waals surface area (Å²) in [5.41, 5.74) is 18.3. The quantitative estimate of drug-likeness (QED) is 0.161. The smallest absolute Gasteiger partial charge is 0.160 e. The number of hydrogen-bond donors (Lipinski definition) is 0. The predicted molar refractivity (Wildman–Crippen MR) is 254 cm³/mol. The molecule has 1 aliphatic rings. The third kappa shape index (κ3) is 5.74. The van der Waals surface area contributed by atoms with Crippen molar-refractivity contribution in [1.82, 2.24) is 9.97 Å². The second kappa shape index (κ2) is 14.5. The highest BCUT2D eigenvalue weighted by Gasteiger charge is 2.45. The maximum Gasteiger partial charge on any atom is 0.160 e. The molecular formula is C59H38N2O. The molecule has 0 atom stereocenters. The van der Waals surface area contributed by atoms with Crippen molar-refractivity contribution < 1.29 is 4.42 Å². The summed E-state index contributed by atoms with van der Waals surface area (Å²) in [5.74, 6) is 0.683. The Hall–Kier alpha value is -8.14. The molecule has 0 spiro atoms. The molecule has 0 fully saturated rings. The molecule has 1 aliphatic carbocycles. The van der Waals surface area contributed by atoms with Crippen LogP contribution in [0.2, 0.25) is 0 Å². The minimum absolute atomic E-state index is 0.436. The van der Waals surface area contributed by atoms with Crippen LogP contribution in [0.4, 0.5) is 0 Å². The zero-order valence-electron chi connectivity index (χ0n) is 33.7. The first-order valence-corrected chi connectivity index (χ1v) is 21.1. The fourth-order valence-corrected chi connectivity index (χ4v) is 9.78. The van der Waals surface area contributed by atoms with Crippen molar-refractivity contribution in [3.8, 4) is 67.3 Å². The Kier molecular flexibility index (Phi) is 8.39. The first-order valence-electron chi connectivity index (χ1n) is 21.1. The Morgan fingerprint density at radius 2 is 0.855 bits per heavy atom. The van der Waals surface area contributed by atoms with E-state index >= 15 is 0 Å². The van der Waals surface area contributed by atoms with Gasteiger partial charge in [0.25, 0.3) is 0 Å². The topological polar surface area (TPSA) is 38.9 Å². The van der Waals surface area contributed by atoms with E-state index in [1.807, 2.05) is 30.3 Å². The fourth-order valence-electron chi connectivity index (χ4n) is 9.78. The van der Waals surface area contributed by atoms with Gasteiger partial charge in [0.15, 0.2) is 5.82 Å². The maximum absolute atomic E-state index is 6.19. The first-order chi connectivity index (χ1) is 30.7. The molecule has 290 valence electrons. The molecule has 12 rings (SSSR count). The molecular weight excluding hydrogens is 753 g/mol. The van der Waals surface area contributed by atoms with E-state index in [0.717, 1.165) is 72.3 Å². The van der Waals surface area contributed by atoms with Gasteiger partial charge in [-0.15, -0.1) is 0 Å². The molecule has 62 heavy (non-hydrogen) atoms. The Bertz CT molecular complexity index is 3410. The van der Waals surface area contributed by atoms with Crippen molar-refractivity contribution in [3.05, 3.63) is 253 Å². The number of hydrogen-bond acceptors (Lipinski definition) is 3. The molecule has 0 aliphatic heterocycles. The van der Waals surface area contributed by atoms with Crippen LogP contribution in [0.15, 0.2) is 235 Å². The van der Waals surface area contributed by atoms with Crippen molar-refractivity contribution in [3.63, 3.8) is 0 Å². The van der Waals surface area contributed by atoms with Crippen LogP contribution in [0.1, 0.15) is 22.3 Å². The number of rotatable bonds is 7. The van der Waals surface area contributed by atoms with Crippen LogP contribution in [-0.2, 0) is 5.41 Å². The van der Waals surface area contributed by atoms with Gasteiger partial charge in [-0.05, 0) is 86.0 Å². The van der Waals surface area contributed by atoms with E-state index in [0.29, 0.717) is 5.82 Å². The molecule has 0 amide bonds. The van der Waals surface area contributed by atoms with Crippen LogP contribution in [0.3, 0.4) is 0 Å². The summed E-state index contributed by atoms with van der Waals surface area (Å²) in [7, 11) is 0. The van der Waals surface area contributed by atoms with Crippen LogP contribution in [-0.4, -0.2) is 9.97 Å². The van der Waals surface area contributed by atoms with Crippen molar-refractivity contribution in [2.24, 2.45) is 0 Å². The number of nitrogens with zero attached hydrogens (tertiary/aromatic N) is 2. The highest BCUT2D eigenvalue weighted by molar-refractivity contribution is 6.06. The second-order valence-electron chi connectivity index (χ2n) is 16.0. The zero-order valence-corrected chi connectivity index (χ0v) is 33.7. The summed E-state index contributed by atoms with van der Waals surface area (Å²) in [5, 5.41) is 2.20. The number of benzene rings is 9. The molecule has 0 saturated heterocycles. The van der Waals surface area contributed by atoms with Gasteiger partial charge in [-0.3, -0.25) is 0 Å². The molecule has 0 bridgehead atoms. The van der Waals surface area contributed by atoms with E-state index < -0.39 is 5.41 Å². The van der Waals surface area contributed by atoms with Gasteiger partial charge in [0.1, 0.15) is 11.2 Å². The molecule has 0 unspecified atom stereocenters. The largest absolute Gasteiger partial charge is 0.456 e. The molecule has 2 heterocycles. The molecule has 0 radical (unpaired) electrons. The van der Waals surface area contributed by atoms with Gasteiger partial charge < -0.3 is 4.42 Å². The SMILES string of the molecule is c1ccc(-c2nc(-c3cccc(-c4ccc(C5(c6ccccc6)c6ccccc6-c6ccccc65)cc4)c3)cc(-c3ccccc3-c3ccc4oc5ccccc5c4c3)n2)cc1. The van der Waals surface area contributed by atoms with E-state index in [1.54, 1.807) is 0 Å². The van der Waals surface area contributed by atoms with E-state index in [2.05, 4.69) is 200 Å². The van der Waals surface area contributed by atoms with Crippen LogP contribution >= 0.6 is 0 Å². The number of fused-ring (bicyclic) bond motifs is 6. The average Bonchev–Trinajstić information content (AvgIpc) is 3.88. The monoisotopic (exact) mass is 790 g/mol. The molecule has 0 N–H and O–H groups in total. The highest BCUT2D eigenvalue weighted by Crippen LogP contribution is 2.56.